The first-order valence-electron chi connectivity index (χ1n) is 10.5. The fourth-order valence-corrected chi connectivity index (χ4v) is 3.71. The van der Waals surface area contributed by atoms with Gasteiger partial charge in [-0.05, 0) is 48.9 Å². The Morgan fingerprint density at radius 3 is 2.67 bits per heavy atom. The van der Waals surface area contributed by atoms with Crippen molar-refractivity contribution < 1.29 is 13.9 Å². The lowest BCUT2D eigenvalue weighted by Crippen LogP contribution is -2.36. The second kappa shape index (κ2) is 9.36. The number of fused-ring (bicyclic) bond motifs is 1. The topological polar surface area (TPSA) is 59.4 Å². The van der Waals surface area contributed by atoms with E-state index in [0.29, 0.717) is 11.3 Å². The van der Waals surface area contributed by atoms with Crippen molar-refractivity contribution in [2.45, 2.75) is 32.9 Å². The van der Waals surface area contributed by atoms with Gasteiger partial charge < -0.3 is 14.6 Å². The van der Waals surface area contributed by atoms with Gasteiger partial charge >= 0.3 is 0 Å². The number of rotatable bonds is 7. The number of carbonyl (C=O) groups excluding carboxylic acids is 1. The summed E-state index contributed by atoms with van der Waals surface area (Å²) in [6, 6.07) is 11.3. The standard InChI is InChI=1S/C23H27FN4O2/c1-2-3-10-28-21-9-8-19(25-23(29)17-4-6-18(24)7-5-17)15-20(21)26-22(28)16-27-11-13-30-14-12-27/h4-9,15H,2-3,10-14,16H2,1H3,(H,25,29). The molecular weight excluding hydrogens is 383 g/mol. The highest BCUT2D eigenvalue weighted by Crippen LogP contribution is 2.23. The molecule has 2 heterocycles. The number of amides is 1. The fourth-order valence-electron chi connectivity index (χ4n) is 3.71. The van der Waals surface area contributed by atoms with Crippen LogP contribution >= 0.6 is 0 Å². The number of benzene rings is 2. The van der Waals surface area contributed by atoms with Crippen LogP contribution in [0.25, 0.3) is 11.0 Å². The average Bonchev–Trinajstić information content (AvgIpc) is 3.09. The third-order valence-electron chi connectivity index (χ3n) is 5.40. The summed E-state index contributed by atoms with van der Waals surface area (Å²) in [5.41, 5.74) is 3.03. The van der Waals surface area contributed by atoms with Crippen LogP contribution in [-0.4, -0.2) is 46.7 Å². The number of hydrogen-bond acceptors (Lipinski definition) is 4. The molecule has 0 unspecified atom stereocenters. The lowest BCUT2D eigenvalue weighted by molar-refractivity contribution is 0.0326. The summed E-state index contributed by atoms with van der Waals surface area (Å²) in [6.07, 6.45) is 2.20. The number of hydrogen-bond donors (Lipinski definition) is 1. The summed E-state index contributed by atoms with van der Waals surface area (Å²) in [6.45, 7) is 7.24. The van der Waals surface area contributed by atoms with E-state index in [2.05, 4.69) is 21.7 Å². The molecule has 1 aliphatic rings. The predicted molar refractivity (Wildman–Crippen MR) is 115 cm³/mol. The summed E-state index contributed by atoms with van der Waals surface area (Å²) < 4.78 is 20.8. The molecule has 0 spiro atoms. The van der Waals surface area contributed by atoms with Gasteiger partial charge in [-0.15, -0.1) is 0 Å². The maximum absolute atomic E-state index is 13.1. The Kier molecular flexibility index (Phi) is 6.40. The Bertz CT molecular complexity index is 1010. The number of nitrogens with one attached hydrogen (secondary N) is 1. The molecule has 1 saturated heterocycles. The van der Waals surface area contributed by atoms with E-state index >= 15 is 0 Å². The number of imidazole rings is 1. The maximum Gasteiger partial charge on any atom is 0.255 e. The quantitative estimate of drug-likeness (QED) is 0.638. The highest BCUT2D eigenvalue weighted by Gasteiger charge is 2.17. The molecule has 0 aliphatic carbocycles. The smallest absolute Gasteiger partial charge is 0.255 e. The normalized spacial score (nSPS) is 14.9. The molecule has 158 valence electrons. The first-order valence-corrected chi connectivity index (χ1v) is 10.5. The molecule has 1 fully saturated rings. The van der Waals surface area contributed by atoms with E-state index in [1.54, 1.807) is 0 Å². The zero-order chi connectivity index (χ0) is 20.9. The van der Waals surface area contributed by atoms with Gasteiger partial charge in [0.1, 0.15) is 11.6 Å². The fraction of sp³-hybridized carbons (Fsp3) is 0.391. The molecule has 1 aliphatic heterocycles. The van der Waals surface area contributed by atoms with E-state index in [9.17, 15) is 9.18 Å². The number of morpholine rings is 1. The first-order chi connectivity index (χ1) is 14.6. The van der Waals surface area contributed by atoms with Gasteiger partial charge in [-0.3, -0.25) is 9.69 Å². The maximum atomic E-state index is 13.1. The Morgan fingerprint density at radius 2 is 1.93 bits per heavy atom. The van der Waals surface area contributed by atoms with Crippen molar-refractivity contribution in [1.82, 2.24) is 14.5 Å². The molecule has 6 nitrogen and oxygen atoms in total. The predicted octanol–water partition coefficient (Wildman–Crippen LogP) is 4.06. The number of ether oxygens (including phenoxy) is 1. The summed E-state index contributed by atoms with van der Waals surface area (Å²) in [7, 11) is 0. The van der Waals surface area contributed by atoms with Gasteiger partial charge in [-0.25, -0.2) is 9.37 Å². The van der Waals surface area contributed by atoms with Crippen LogP contribution in [0.1, 0.15) is 35.9 Å². The van der Waals surface area contributed by atoms with Crippen LogP contribution < -0.4 is 5.32 Å². The van der Waals surface area contributed by atoms with E-state index < -0.39 is 0 Å². The van der Waals surface area contributed by atoms with Crippen LogP contribution in [0.2, 0.25) is 0 Å². The molecule has 1 aromatic heterocycles. The molecule has 0 saturated carbocycles. The number of nitrogens with zero attached hydrogens (tertiary/aromatic N) is 3. The van der Waals surface area contributed by atoms with Crippen molar-refractivity contribution in [2.24, 2.45) is 0 Å². The highest BCUT2D eigenvalue weighted by molar-refractivity contribution is 6.04. The number of aryl methyl sites for hydroxylation is 1. The Morgan fingerprint density at radius 1 is 1.17 bits per heavy atom. The third-order valence-corrected chi connectivity index (χ3v) is 5.40. The lowest BCUT2D eigenvalue weighted by atomic mass is 10.2. The summed E-state index contributed by atoms with van der Waals surface area (Å²) in [5, 5.41) is 2.89. The van der Waals surface area contributed by atoms with Gasteiger partial charge in [0.15, 0.2) is 0 Å². The van der Waals surface area contributed by atoms with Gasteiger partial charge in [0.05, 0.1) is 30.8 Å². The minimum absolute atomic E-state index is 0.270. The molecular formula is C23H27FN4O2. The van der Waals surface area contributed by atoms with Crippen molar-refractivity contribution in [3.05, 3.63) is 59.7 Å². The van der Waals surface area contributed by atoms with Gasteiger partial charge in [0.2, 0.25) is 0 Å². The number of unbranched alkanes of at least 4 members (excludes halogenated alkanes) is 1. The molecule has 1 amide bonds. The SMILES string of the molecule is CCCCn1c(CN2CCOCC2)nc2cc(NC(=O)c3ccc(F)cc3)ccc21. The minimum atomic E-state index is -0.363. The summed E-state index contributed by atoms with van der Waals surface area (Å²) in [4.78, 5) is 19.7. The number of halogens is 1. The van der Waals surface area contributed by atoms with E-state index in [1.807, 2.05) is 18.2 Å². The third kappa shape index (κ3) is 4.68. The minimum Gasteiger partial charge on any atom is -0.379 e. The molecule has 30 heavy (non-hydrogen) atoms. The number of carbonyl (C=O) groups is 1. The molecule has 0 bridgehead atoms. The highest BCUT2D eigenvalue weighted by atomic mass is 19.1. The molecule has 7 heteroatoms. The van der Waals surface area contributed by atoms with Crippen LogP contribution in [0.15, 0.2) is 42.5 Å². The Hall–Kier alpha value is -2.77. The zero-order valence-corrected chi connectivity index (χ0v) is 17.2. The van der Waals surface area contributed by atoms with Gasteiger partial charge in [-0.1, -0.05) is 13.3 Å². The van der Waals surface area contributed by atoms with Crippen molar-refractivity contribution in [1.29, 1.82) is 0 Å². The Labute approximate surface area is 175 Å². The van der Waals surface area contributed by atoms with Crippen molar-refractivity contribution in [3.63, 3.8) is 0 Å². The van der Waals surface area contributed by atoms with Gasteiger partial charge in [0, 0.05) is 30.9 Å². The second-order valence-corrected chi connectivity index (χ2v) is 7.59. The van der Waals surface area contributed by atoms with Gasteiger partial charge in [0.25, 0.3) is 5.91 Å². The zero-order valence-electron chi connectivity index (χ0n) is 17.2. The second-order valence-electron chi connectivity index (χ2n) is 7.59. The van der Waals surface area contributed by atoms with E-state index in [-0.39, 0.29) is 11.7 Å². The summed E-state index contributed by atoms with van der Waals surface area (Å²) in [5.74, 6) is 0.411. The average molecular weight is 410 g/mol. The molecule has 0 atom stereocenters. The van der Waals surface area contributed by atoms with E-state index in [4.69, 9.17) is 9.72 Å². The molecule has 4 rings (SSSR count). The van der Waals surface area contributed by atoms with Crippen LogP contribution in [-0.2, 0) is 17.8 Å². The number of aromatic nitrogens is 2. The van der Waals surface area contributed by atoms with Crippen LogP contribution in [0, 0.1) is 5.82 Å². The van der Waals surface area contributed by atoms with Crippen LogP contribution in [0.4, 0.5) is 10.1 Å². The number of anilines is 1. The molecule has 2 aromatic carbocycles. The van der Waals surface area contributed by atoms with Crippen LogP contribution in [0.5, 0.6) is 0 Å². The van der Waals surface area contributed by atoms with Crippen molar-refractivity contribution >= 4 is 22.6 Å². The van der Waals surface area contributed by atoms with E-state index in [1.165, 1.54) is 24.3 Å². The Balaban J connectivity index is 1.57. The van der Waals surface area contributed by atoms with Crippen molar-refractivity contribution in [3.8, 4) is 0 Å². The van der Waals surface area contributed by atoms with Gasteiger partial charge in [-0.2, -0.15) is 0 Å². The molecule has 0 radical (unpaired) electrons. The lowest BCUT2D eigenvalue weighted by Gasteiger charge is -2.26. The van der Waals surface area contributed by atoms with E-state index in [0.717, 1.165) is 69.1 Å². The van der Waals surface area contributed by atoms with Crippen molar-refractivity contribution in [2.75, 3.05) is 31.6 Å². The molecule has 3 aromatic rings. The first kappa shape index (κ1) is 20.5. The summed E-state index contributed by atoms with van der Waals surface area (Å²) >= 11 is 0. The molecule has 1 N–H and O–H groups in total. The van der Waals surface area contributed by atoms with Crippen LogP contribution in [0.3, 0.4) is 0 Å². The largest absolute Gasteiger partial charge is 0.379 e. The monoisotopic (exact) mass is 410 g/mol.